The fraction of sp³-hybridized carbons (Fsp3) is 0.208. The van der Waals surface area contributed by atoms with Gasteiger partial charge in [-0.05, 0) is 49.7 Å². The van der Waals surface area contributed by atoms with E-state index in [-0.39, 0.29) is 16.8 Å². The van der Waals surface area contributed by atoms with Gasteiger partial charge in [0.2, 0.25) is 0 Å². The number of hydrogen-bond acceptors (Lipinski definition) is 3. The summed E-state index contributed by atoms with van der Waals surface area (Å²) in [6, 6.07) is 24.8. The first-order valence-corrected chi connectivity index (χ1v) is 11.2. The maximum atomic E-state index is 13.2. The van der Waals surface area contributed by atoms with Gasteiger partial charge in [-0.15, -0.1) is 0 Å². The average molecular weight is 423 g/mol. The molecule has 0 N–H and O–H groups in total. The third-order valence-electron chi connectivity index (χ3n) is 4.94. The standard InChI is InChI=1S/C24H26N2O3S/c1-19(2)26(18-20-11-6-4-7-12-20)24(27)21-13-10-16-23(17-21)30(28,29)25(3)22-14-8-5-9-15-22/h4-17,19H,18H2,1-3H3. The third-order valence-corrected chi connectivity index (χ3v) is 6.72. The molecule has 0 heterocycles. The zero-order chi connectivity index (χ0) is 21.7. The van der Waals surface area contributed by atoms with E-state index >= 15 is 0 Å². The smallest absolute Gasteiger partial charge is 0.264 e. The number of carbonyl (C=O) groups excluding carboxylic acids is 1. The summed E-state index contributed by atoms with van der Waals surface area (Å²) in [7, 11) is -2.28. The first kappa shape index (κ1) is 21.6. The van der Waals surface area contributed by atoms with Crippen molar-refractivity contribution in [2.75, 3.05) is 11.4 Å². The van der Waals surface area contributed by atoms with Crippen LogP contribution in [0.15, 0.2) is 89.8 Å². The highest BCUT2D eigenvalue weighted by Gasteiger charge is 2.24. The van der Waals surface area contributed by atoms with Gasteiger partial charge in [-0.1, -0.05) is 54.6 Å². The molecule has 0 saturated heterocycles. The SMILES string of the molecule is CC(C)N(Cc1ccccc1)C(=O)c1cccc(S(=O)(=O)N(C)c2ccccc2)c1. The lowest BCUT2D eigenvalue weighted by molar-refractivity contribution is 0.0690. The number of rotatable bonds is 7. The van der Waals surface area contributed by atoms with Crippen LogP contribution in [-0.4, -0.2) is 32.3 Å². The Morgan fingerprint density at radius 1 is 0.867 bits per heavy atom. The Kier molecular flexibility index (Phi) is 6.57. The van der Waals surface area contributed by atoms with Gasteiger partial charge in [0.15, 0.2) is 0 Å². The van der Waals surface area contributed by atoms with Gasteiger partial charge in [-0.2, -0.15) is 0 Å². The van der Waals surface area contributed by atoms with Crippen molar-refractivity contribution in [2.24, 2.45) is 0 Å². The quantitative estimate of drug-likeness (QED) is 0.561. The normalized spacial score (nSPS) is 11.3. The number of para-hydroxylation sites is 1. The van der Waals surface area contributed by atoms with Crippen molar-refractivity contribution < 1.29 is 13.2 Å². The number of benzene rings is 3. The Bertz CT molecular complexity index is 1100. The van der Waals surface area contributed by atoms with Crippen LogP contribution in [0.25, 0.3) is 0 Å². The zero-order valence-electron chi connectivity index (χ0n) is 17.4. The molecule has 0 aromatic heterocycles. The van der Waals surface area contributed by atoms with E-state index in [9.17, 15) is 13.2 Å². The molecule has 156 valence electrons. The predicted molar refractivity (Wildman–Crippen MR) is 120 cm³/mol. The van der Waals surface area contributed by atoms with Crippen molar-refractivity contribution in [1.82, 2.24) is 4.90 Å². The Morgan fingerprint density at radius 2 is 1.47 bits per heavy atom. The summed E-state index contributed by atoms with van der Waals surface area (Å²) in [5, 5.41) is 0. The lowest BCUT2D eigenvalue weighted by Crippen LogP contribution is -2.36. The number of anilines is 1. The number of nitrogens with zero attached hydrogens (tertiary/aromatic N) is 2. The summed E-state index contributed by atoms with van der Waals surface area (Å²) in [5.74, 6) is -0.201. The Morgan fingerprint density at radius 3 is 2.07 bits per heavy atom. The molecule has 0 bridgehead atoms. The molecule has 3 aromatic rings. The van der Waals surface area contributed by atoms with Gasteiger partial charge in [0, 0.05) is 25.2 Å². The molecule has 0 fully saturated rings. The predicted octanol–water partition coefficient (Wildman–Crippen LogP) is 4.56. The summed E-state index contributed by atoms with van der Waals surface area (Å²) < 4.78 is 27.4. The highest BCUT2D eigenvalue weighted by molar-refractivity contribution is 7.92. The van der Waals surface area contributed by atoms with Gasteiger partial charge < -0.3 is 4.90 Å². The van der Waals surface area contributed by atoms with Crippen LogP contribution in [0.3, 0.4) is 0 Å². The molecule has 3 aromatic carbocycles. The summed E-state index contributed by atoms with van der Waals surface area (Å²) in [5.41, 5.74) is 1.93. The second kappa shape index (κ2) is 9.13. The van der Waals surface area contributed by atoms with Gasteiger partial charge in [-0.3, -0.25) is 9.10 Å². The monoisotopic (exact) mass is 422 g/mol. The van der Waals surface area contributed by atoms with Crippen molar-refractivity contribution >= 4 is 21.6 Å². The van der Waals surface area contributed by atoms with Crippen LogP contribution in [0.4, 0.5) is 5.69 Å². The summed E-state index contributed by atoms with van der Waals surface area (Å²) in [6.45, 7) is 4.35. The van der Waals surface area contributed by atoms with Crippen molar-refractivity contribution in [3.63, 3.8) is 0 Å². The van der Waals surface area contributed by atoms with E-state index in [0.717, 1.165) is 5.56 Å². The summed E-state index contributed by atoms with van der Waals surface area (Å²) >= 11 is 0. The van der Waals surface area contributed by atoms with Gasteiger partial charge in [0.1, 0.15) is 0 Å². The lowest BCUT2D eigenvalue weighted by atomic mass is 10.1. The molecule has 30 heavy (non-hydrogen) atoms. The zero-order valence-corrected chi connectivity index (χ0v) is 18.2. The Balaban J connectivity index is 1.90. The van der Waals surface area contributed by atoms with Crippen LogP contribution >= 0.6 is 0 Å². The minimum absolute atomic E-state index is 0.0371. The fourth-order valence-electron chi connectivity index (χ4n) is 3.16. The van der Waals surface area contributed by atoms with E-state index in [1.54, 1.807) is 41.3 Å². The molecule has 3 rings (SSSR count). The topological polar surface area (TPSA) is 57.7 Å². The molecule has 0 atom stereocenters. The number of hydrogen-bond donors (Lipinski definition) is 0. The van der Waals surface area contributed by atoms with E-state index in [2.05, 4.69) is 0 Å². The van der Waals surface area contributed by atoms with Crippen molar-refractivity contribution in [2.45, 2.75) is 31.3 Å². The Labute approximate surface area is 178 Å². The molecule has 0 radical (unpaired) electrons. The maximum absolute atomic E-state index is 13.2. The number of amides is 1. The highest BCUT2D eigenvalue weighted by Crippen LogP contribution is 2.23. The van der Waals surface area contributed by atoms with Crippen molar-refractivity contribution in [3.05, 3.63) is 96.1 Å². The first-order chi connectivity index (χ1) is 14.3. The molecular weight excluding hydrogens is 396 g/mol. The molecule has 0 saturated carbocycles. The molecule has 1 amide bonds. The molecule has 0 spiro atoms. The van der Waals surface area contributed by atoms with Crippen molar-refractivity contribution in [1.29, 1.82) is 0 Å². The second-order valence-electron chi connectivity index (χ2n) is 7.35. The largest absolute Gasteiger partial charge is 0.332 e. The van der Waals surface area contributed by atoms with Gasteiger partial charge >= 0.3 is 0 Å². The average Bonchev–Trinajstić information content (AvgIpc) is 2.77. The van der Waals surface area contributed by atoms with Gasteiger partial charge in [0.25, 0.3) is 15.9 Å². The minimum atomic E-state index is -3.79. The van der Waals surface area contributed by atoms with Crippen LogP contribution < -0.4 is 4.31 Å². The van der Waals surface area contributed by atoms with E-state index in [1.807, 2.05) is 50.2 Å². The second-order valence-corrected chi connectivity index (χ2v) is 9.32. The fourth-order valence-corrected chi connectivity index (χ4v) is 4.40. The first-order valence-electron chi connectivity index (χ1n) is 9.79. The lowest BCUT2D eigenvalue weighted by Gasteiger charge is -2.27. The molecule has 0 aliphatic rings. The van der Waals surface area contributed by atoms with Crippen LogP contribution in [0.1, 0.15) is 29.8 Å². The highest BCUT2D eigenvalue weighted by atomic mass is 32.2. The van der Waals surface area contributed by atoms with Gasteiger partial charge in [0.05, 0.1) is 10.6 Å². The third kappa shape index (κ3) is 4.71. The van der Waals surface area contributed by atoms with E-state index in [1.165, 1.54) is 23.5 Å². The minimum Gasteiger partial charge on any atom is -0.332 e. The molecule has 0 aliphatic heterocycles. The maximum Gasteiger partial charge on any atom is 0.264 e. The number of carbonyl (C=O) groups is 1. The molecule has 0 unspecified atom stereocenters. The van der Waals surface area contributed by atoms with Crippen LogP contribution in [-0.2, 0) is 16.6 Å². The van der Waals surface area contributed by atoms with Gasteiger partial charge in [-0.25, -0.2) is 8.42 Å². The number of sulfonamides is 1. The molecule has 5 nitrogen and oxygen atoms in total. The van der Waals surface area contributed by atoms with Crippen LogP contribution in [0.5, 0.6) is 0 Å². The van der Waals surface area contributed by atoms with E-state index in [4.69, 9.17) is 0 Å². The van der Waals surface area contributed by atoms with Crippen molar-refractivity contribution in [3.8, 4) is 0 Å². The molecule has 0 aliphatic carbocycles. The summed E-state index contributed by atoms with van der Waals surface area (Å²) in [6.07, 6.45) is 0. The van der Waals surface area contributed by atoms with E-state index < -0.39 is 10.0 Å². The van der Waals surface area contributed by atoms with Crippen LogP contribution in [0.2, 0.25) is 0 Å². The molecular formula is C24H26N2O3S. The van der Waals surface area contributed by atoms with Crippen LogP contribution in [0, 0.1) is 0 Å². The Hall–Kier alpha value is -3.12. The summed E-state index contributed by atoms with van der Waals surface area (Å²) in [4.78, 5) is 15.1. The molecule has 6 heteroatoms. The van der Waals surface area contributed by atoms with E-state index in [0.29, 0.717) is 17.8 Å².